The van der Waals surface area contributed by atoms with E-state index in [0.717, 1.165) is 5.56 Å². The average molecular weight is 468 g/mol. The van der Waals surface area contributed by atoms with Gasteiger partial charge in [-0.25, -0.2) is 4.68 Å². The van der Waals surface area contributed by atoms with E-state index in [-0.39, 0.29) is 18.2 Å². The number of carbonyl (C=O) groups excluding carboxylic acids is 1. The van der Waals surface area contributed by atoms with Crippen LogP contribution in [0.1, 0.15) is 11.7 Å². The number of amides is 1. The van der Waals surface area contributed by atoms with Crippen LogP contribution in [0.3, 0.4) is 0 Å². The number of rotatable bonds is 9. The van der Waals surface area contributed by atoms with Gasteiger partial charge < -0.3 is 25.2 Å². The molecular weight excluding hydrogens is 446 g/mol. The number of benzene rings is 2. The molecule has 4 aromatic rings. The summed E-state index contributed by atoms with van der Waals surface area (Å²) in [4.78, 5) is 16.6. The van der Waals surface area contributed by atoms with E-state index >= 15 is 0 Å². The zero-order chi connectivity index (χ0) is 23.2. The molecule has 2 aromatic carbocycles. The molecule has 33 heavy (non-hydrogen) atoms. The molecule has 12 heteroatoms. The second-order valence-electron chi connectivity index (χ2n) is 6.69. The monoisotopic (exact) mass is 467 g/mol. The van der Waals surface area contributed by atoms with Crippen LogP contribution in [0.15, 0.2) is 58.2 Å². The molecule has 0 radical (unpaired) electrons. The Balaban J connectivity index is 1.37. The Morgan fingerprint density at radius 3 is 2.61 bits per heavy atom. The molecule has 2 heterocycles. The topological polar surface area (TPSA) is 143 Å². The lowest BCUT2D eigenvalue weighted by Crippen LogP contribution is -2.15. The highest BCUT2D eigenvalue weighted by atomic mass is 32.2. The lowest BCUT2D eigenvalue weighted by Gasteiger charge is -2.08. The summed E-state index contributed by atoms with van der Waals surface area (Å²) >= 11 is 1.28. The van der Waals surface area contributed by atoms with Crippen LogP contribution in [-0.2, 0) is 17.0 Å². The molecule has 0 saturated carbocycles. The Hall–Kier alpha value is -4.06. The molecule has 1 amide bonds. The number of aromatic nitrogens is 5. The maximum Gasteiger partial charge on any atom is 0.237 e. The van der Waals surface area contributed by atoms with Crippen LogP contribution in [0.5, 0.6) is 11.5 Å². The maximum atomic E-state index is 12.3. The fraction of sp³-hybridized carbons (Fsp3) is 0.190. The number of nitrogens with two attached hydrogens (primary N) is 1. The smallest absolute Gasteiger partial charge is 0.237 e. The molecule has 0 fully saturated rings. The fourth-order valence-electron chi connectivity index (χ4n) is 3.02. The standard InChI is InChI=1S/C21H21N7O4S/c1-30-15-9-5-3-7-13(15)20-25-26-21(28(20)22)33-12-19-24-17(27-32-19)11-18(29)23-14-8-4-6-10-16(14)31-2/h3-10H,11-12,22H2,1-2H3,(H,23,29). The number of ether oxygens (including phenoxy) is 2. The van der Waals surface area contributed by atoms with Gasteiger partial charge in [0.2, 0.25) is 17.0 Å². The summed E-state index contributed by atoms with van der Waals surface area (Å²) in [6, 6.07) is 14.5. The first-order valence-corrected chi connectivity index (χ1v) is 10.8. The van der Waals surface area contributed by atoms with Gasteiger partial charge >= 0.3 is 0 Å². The van der Waals surface area contributed by atoms with Crippen molar-refractivity contribution in [3.05, 3.63) is 60.2 Å². The molecule has 0 unspecified atom stereocenters. The van der Waals surface area contributed by atoms with Crippen molar-refractivity contribution in [1.29, 1.82) is 0 Å². The lowest BCUT2D eigenvalue weighted by atomic mass is 10.2. The largest absolute Gasteiger partial charge is 0.496 e. The van der Waals surface area contributed by atoms with Crippen molar-refractivity contribution in [1.82, 2.24) is 25.0 Å². The third-order valence-electron chi connectivity index (χ3n) is 4.55. The third kappa shape index (κ3) is 5.06. The molecular formula is C21H21N7O4S. The van der Waals surface area contributed by atoms with Gasteiger partial charge in [0.25, 0.3) is 0 Å². The van der Waals surface area contributed by atoms with Crippen molar-refractivity contribution >= 4 is 23.4 Å². The number of para-hydroxylation sites is 3. The van der Waals surface area contributed by atoms with Gasteiger partial charge in [0.05, 0.1) is 37.6 Å². The summed E-state index contributed by atoms with van der Waals surface area (Å²) in [5.74, 6) is 8.47. The Morgan fingerprint density at radius 2 is 1.82 bits per heavy atom. The summed E-state index contributed by atoms with van der Waals surface area (Å²) in [5.41, 5.74) is 1.29. The number of methoxy groups -OCH3 is 2. The summed E-state index contributed by atoms with van der Waals surface area (Å²) in [6.07, 6.45) is -0.0444. The Bertz CT molecular complexity index is 1260. The van der Waals surface area contributed by atoms with Gasteiger partial charge in [0.1, 0.15) is 11.5 Å². The first-order valence-electron chi connectivity index (χ1n) is 9.80. The van der Waals surface area contributed by atoms with Crippen LogP contribution in [0.25, 0.3) is 11.4 Å². The molecule has 4 rings (SSSR count). The quantitative estimate of drug-likeness (QED) is 0.278. The Morgan fingerprint density at radius 1 is 1.09 bits per heavy atom. The van der Waals surface area contributed by atoms with Crippen molar-refractivity contribution in [2.75, 3.05) is 25.4 Å². The van der Waals surface area contributed by atoms with Gasteiger partial charge in [-0.1, -0.05) is 41.2 Å². The van der Waals surface area contributed by atoms with Gasteiger partial charge in [-0.05, 0) is 24.3 Å². The normalized spacial score (nSPS) is 10.7. The summed E-state index contributed by atoms with van der Waals surface area (Å²) in [7, 11) is 3.12. The van der Waals surface area contributed by atoms with Crippen molar-refractivity contribution in [2.24, 2.45) is 0 Å². The van der Waals surface area contributed by atoms with Crippen molar-refractivity contribution in [3.8, 4) is 22.9 Å². The van der Waals surface area contributed by atoms with E-state index in [0.29, 0.717) is 39.8 Å². The molecule has 0 aliphatic carbocycles. The van der Waals surface area contributed by atoms with E-state index in [1.807, 2.05) is 30.3 Å². The van der Waals surface area contributed by atoms with Gasteiger partial charge in [-0.3, -0.25) is 4.79 Å². The zero-order valence-electron chi connectivity index (χ0n) is 17.9. The van der Waals surface area contributed by atoms with Gasteiger partial charge in [0, 0.05) is 0 Å². The molecule has 3 N–H and O–H groups in total. The van der Waals surface area contributed by atoms with E-state index < -0.39 is 0 Å². The minimum absolute atomic E-state index is 0.0444. The SMILES string of the molecule is COc1ccccc1NC(=O)Cc1noc(CSc2nnc(-c3ccccc3OC)n2N)n1. The molecule has 0 saturated heterocycles. The number of nitrogens with one attached hydrogen (secondary N) is 1. The zero-order valence-corrected chi connectivity index (χ0v) is 18.7. The number of thioether (sulfide) groups is 1. The van der Waals surface area contributed by atoms with Crippen LogP contribution >= 0.6 is 11.8 Å². The molecule has 0 spiro atoms. The fourth-order valence-corrected chi connectivity index (χ4v) is 3.72. The predicted octanol–water partition coefficient (Wildman–Crippen LogP) is 2.53. The maximum absolute atomic E-state index is 12.3. The first-order chi connectivity index (χ1) is 16.1. The number of hydrogen-bond donors (Lipinski definition) is 2. The highest BCUT2D eigenvalue weighted by Gasteiger charge is 2.18. The van der Waals surface area contributed by atoms with Crippen molar-refractivity contribution in [2.45, 2.75) is 17.3 Å². The van der Waals surface area contributed by atoms with Crippen LogP contribution in [0.2, 0.25) is 0 Å². The highest BCUT2D eigenvalue weighted by molar-refractivity contribution is 7.98. The van der Waals surface area contributed by atoms with Crippen molar-refractivity contribution < 1.29 is 18.8 Å². The molecule has 2 aromatic heterocycles. The van der Waals surface area contributed by atoms with Crippen LogP contribution in [0.4, 0.5) is 5.69 Å². The molecule has 0 atom stereocenters. The number of nitrogen functional groups attached to an aromatic ring is 1. The van der Waals surface area contributed by atoms with Crippen LogP contribution in [-0.4, -0.2) is 45.1 Å². The minimum atomic E-state index is -0.289. The number of anilines is 1. The predicted molar refractivity (Wildman–Crippen MR) is 121 cm³/mol. The highest BCUT2D eigenvalue weighted by Crippen LogP contribution is 2.30. The molecule has 0 bridgehead atoms. The summed E-state index contributed by atoms with van der Waals surface area (Å²) < 4.78 is 17.2. The van der Waals surface area contributed by atoms with Crippen LogP contribution < -0.4 is 20.6 Å². The van der Waals surface area contributed by atoms with E-state index in [4.69, 9.17) is 19.8 Å². The molecule has 0 aliphatic heterocycles. The van der Waals surface area contributed by atoms with Gasteiger partial charge in [-0.2, -0.15) is 4.98 Å². The minimum Gasteiger partial charge on any atom is -0.496 e. The Kier molecular flexibility index (Phi) is 6.74. The van der Waals surface area contributed by atoms with Crippen LogP contribution in [0, 0.1) is 0 Å². The summed E-state index contributed by atoms with van der Waals surface area (Å²) in [5, 5.41) is 15.4. The average Bonchev–Trinajstić information content (AvgIpc) is 3.43. The van der Waals surface area contributed by atoms with Gasteiger partial charge in [0.15, 0.2) is 11.6 Å². The third-order valence-corrected chi connectivity index (χ3v) is 5.47. The van der Waals surface area contributed by atoms with E-state index in [1.165, 1.54) is 23.5 Å². The number of carbonyl (C=O) groups is 1. The molecule has 11 nitrogen and oxygen atoms in total. The second-order valence-corrected chi connectivity index (χ2v) is 7.64. The van der Waals surface area contributed by atoms with E-state index in [2.05, 4.69) is 25.7 Å². The second kappa shape index (κ2) is 10.0. The van der Waals surface area contributed by atoms with E-state index in [9.17, 15) is 4.79 Å². The summed E-state index contributed by atoms with van der Waals surface area (Å²) in [6.45, 7) is 0. The number of hydrogen-bond acceptors (Lipinski definition) is 10. The molecule has 0 aliphatic rings. The van der Waals surface area contributed by atoms with Gasteiger partial charge in [-0.15, -0.1) is 10.2 Å². The molecule has 170 valence electrons. The van der Waals surface area contributed by atoms with Crippen molar-refractivity contribution in [3.63, 3.8) is 0 Å². The first kappa shape index (κ1) is 22.1. The number of nitrogens with zero attached hydrogens (tertiary/aromatic N) is 5. The lowest BCUT2D eigenvalue weighted by molar-refractivity contribution is -0.115. The Labute approximate surface area is 193 Å². The van der Waals surface area contributed by atoms with E-state index in [1.54, 1.807) is 25.3 Å².